The fourth-order valence-corrected chi connectivity index (χ4v) is 3.30. The van der Waals surface area contributed by atoms with Gasteiger partial charge in [-0.25, -0.2) is 0 Å². The van der Waals surface area contributed by atoms with Crippen LogP contribution in [0.3, 0.4) is 0 Å². The molecular formula is C20H25N3O. The molecule has 0 bridgehead atoms. The first kappa shape index (κ1) is 18.0. The smallest absolute Gasteiger partial charge is 0.220 e. The van der Waals surface area contributed by atoms with Crippen LogP contribution in [-0.2, 0) is 11.2 Å². The zero-order valence-corrected chi connectivity index (χ0v) is 14.1. The van der Waals surface area contributed by atoms with Crippen LogP contribution in [0.4, 0.5) is 0 Å². The summed E-state index contributed by atoms with van der Waals surface area (Å²) in [5.41, 5.74) is 1.82. The molecule has 2 rings (SSSR count). The fourth-order valence-electron chi connectivity index (χ4n) is 3.30. The molecule has 1 aromatic carbocycles. The summed E-state index contributed by atoms with van der Waals surface area (Å²) in [6.07, 6.45) is 8.94. The van der Waals surface area contributed by atoms with Gasteiger partial charge in [-0.2, -0.15) is 10.5 Å². The molecular weight excluding hydrogens is 298 g/mol. The van der Waals surface area contributed by atoms with Crippen LogP contribution in [0.15, 0.2) is 24.3 Å². The molecule has 0 saturated heterocycles. The Morgan fingerprint density at radius 2 is 1.71 bits per heavy atom. The summed E-state index contributed by atoms with van der Waals surface area (Å²) in [5.74, 6) is 0.00607. The Kier molecular flexibility index (Phi) is 7.30. The zero-order chi connectivity index (χ0) is 17.2. The summed E-state index contributed by atoms with van der Waals surface area (Å²) in [5, 5.41) is 20.8. The van der Waals surface area contributed by atoms with Crippen LogP contribution < -0.4 is 5.32 Å². The highest BCUT2D eigenvalue weighted by Crippen LogP contribution is 2.25. The average molecular weight is 323 g/mol. The average Bonchev–Trinajstić information content (AvgIpc) is 2.86. The molecule has 0 aliphatic heterocycles. The first-order valence-corrected chi connectivity index (χ1v) is 8.87. The summed E-state index contributed by atoms with van der Waals surface area (Å²) >= 11 is 0. The van der Waals surface area contributed by atoms with Gasteiger partial charge in [0.25, 0.3) is 0 Å². The molecule has 126 valence electrons. The summed E-state index contributed by atoms with van der Waals surface area (Å²) in [6.45, 7) is 0.630. The van der Waals surface area contributed by atoms with Crippen molar-refractivity contribution in [2.24, 2.45) is 5.92 Å². The number of rotatable bonds is 6. The number of hydrogen-bond acceptors (Lipinski definition) is 3. The Morgan fingerprint density at radius 3 is 2.29 bits per heavy atom. The van der Waals surface area contributed by atoms with E-state index in [9.17, 15) is 4.79 Å². The first-order valence-electron chi connectivity index (χ1n) is 8.87. The van der Waals surface area contributed by atoms with Gasteiger partial charge in [0.15, 0.2) is 5.92 Å². The van der Waals surface area contributed by atoms with E-state index in [2.05, 4.69) is 5.32 Å². The van der Waals surface area contributed by atoms with Crippen LogP contribution in [0.25, 0.3) is 0 Å². The van der Waals surface area contributed by atoms with Crippen molar-refractivity contribution in [2.75, 3.05) is 6.54 Å². The number of carbonyl (C=O) groups is 1. The van der Waals surface area contributed by atoms with Crippen LogP contribution >= 0.6 is 0 Å². The van der Waals surface area contributed by atoms with E-state index >= 15 is 0 Å². The van der Waals surface area contributed by atoms with Crippen LogP contribution in [0.5, 0.6) is 0 Å². The maximum Gasteiger partial charge on any atom is 0.220 e. The van der Waals surface area contributed by atoms with E-state index in [1.54, 1.807) is 0 Å². The minimum Gasteiger partial charge on any atom is -0.356 e. The first-order chi connectivity index (χ1) is 11.7. The third-order valence-corrected chi connectivity index (χ3v) is 4.76. The Labute approximate surface area is 144 Å². The molecule has 1 saturated carbocycles. The molecule has 0 atom stereocenters. The third-order valence-electron chi connectivity index (χ3n) is 4.76. The molecule has 1 fully saturated rings. The van der Waals surface area contributed by atoms with E-state index in [0.717, 1.165) is 17.5 Å². The van der Waals surface area contributed by atoms with Crippen molar-refractivity contribution in [3.8, 4) is 12.1 Å². The predicted molar refractivity (Wildman–Crippen MR) is 92.9 cm³/mol. The lowest BCUT2D eigenvalue weighted by atomic mass is 9.96. The van der Waals surface area contributed by atoms with Crippen molar-refractivity contribution in [1.82, 2.24) is 5.32 Å². The second kappa shape index (κ2) is 9.73. The van der Waals surface area contributed by atoms with Crippen molar-refractivity contribution < 1.29 is 4.79 Å². The summed E-state index contributed by atoms with van der Waals surface area (Å²) in [7, 11) is 0. The Hall–Kier alpha value is -2.33. The van der Waals surface area contributed by atoms with Crippen molar-refractivity contribution in [3.05, 3.63) is 35.4 Å². The number of nitrogens with one attached hydrogen (secondary N) is 1. The van der Waals surface area contributed by atoms with Gasteiger partial charge >= 0.3 is 0 Å². The van der Waals surface area contributed by atoms with Gasteiger partial charge in [0, 0.05) is 13.0 Å². The number of hydrogen-bond donors (Lipinski definition) is 1. The summed E-state index contributed by atoms with van der Waals surface area (Å²) in [6, 6.07) is 11.4. The topological polar surface area (TPSA) is 76.7 Å². The minimum atomic E-state index is -0.710. The predicted octanol–water partition coefficient (Wildman–Crippen LogP) is 3.84. The molecule has 1 amide bonds. The van der Waals surface area contributed by atoms with Crippen molar-refractivity contribution >= 4 is 5.91 Å². The summed E-state index contributed by atoms with van der Waals surface area (Å²) < 4.78 is 0. The second-order valence-electron chi connectivity index (χ2n) is 6.59. The van der Waals surface area contributed by atoms with Crippen LogP contribution in [-0.4, -0.2) is 12.5 Å². The third kappa shape index (κ3) is 5.70. The molecule has 24 heavy (non-hydrogen) atoms. The SMILES string of the molecule is N#CC(C#N)c1ccc(CCNC(=O)CC2CCCCCC2)cc1. The van der Waals surface area contributed by atoms with E-state index < -0.39 is 5.92 Å². The molecule has 1 aliphatic carbocycles. The van der Waals surface area contributed by atoms with Crippen LogP contribution in [0.1, 0.15) is 62.0 Å². The monoisotopic (exact) mass is 323 g/mol. The molecule has 0 spiro atoms. The maximum absolute atomic E-state index is 12.1. The second-order valence-corrected chi connectivity index (χ2v) is 6.59. The largest absolute Gasteiger partial charge is 0.356 e. The van der Waals surface area contributed by atoms with Gasteiger partial charge in [0.1, 0.15) is 0 Å². The minimum absolute atomic E-state index is 0.160. The van der Waals surface area contributed by atoms with Gasteiger partial charge in [-0.3, -0.25) is 4.79 Å². The van der Waals surface area contributed by atoms with E-state index in [1.165, 1.54) is 38.5 Å². The lowest BCUT2D eigenvalue weighted by Gasteiger charge is -2.13. The molecule has 4 nitrogen and oxygen atoms in total. The molecule has 0 heterocycles. The lowest BCUT2D eigenvalue weighted by molar-refractivity contribution is -0.122. The molecule has 1 aromatic rings. The normalized spacial score (nSPS) is 15.3. The van der Waals surface area contributed by atoms with Gasteiger partial charge in [-0.15, -0.1) is 0 Å². The highest BCUT2D eigenvalue weighted by Gasteiger charge is 2.15. The van der Waals surface area contributed by atoms with E-state index in [0.29, 0.717) is 18.9 Å². The van der Waals surface area contributed by atoms with Gasteiger partial charge < -0.3 is 5.32 Å². The van der Waals surface area contributed by atoms with E-state index in [-0.39, 0.29) is 5.91 Å². The lowest BCUT2D eigenvalue weighted by Crippen LogP contribution is -2.27. The van der Waals surface area contributed by atoms with E-state index in [1.807, 2.05) is 36.4 Å². The summed E-state index contributed by atoms with van der Waals surface area (Å²) in [4.78, 5) is 12.1. The van der Waals surface area contributed by atoms with Crippen molar-refractivity contribution in [2.45, 2.75) is 57.3 Å². The van der Waals surface area contributed by atoms with Gasteiger partial charge in [-0.1, -0.05) is 49.9 Å². The molecule has 0 unspecified atom stereocenters. The number of nitrogens with zero attached hydrogens (tertiary/aromatic N) is 2. The highest BCUT2D eigenvalue weighted by molar-refractivity contribution is 5.76. The number of amides is 1. The fraction of sp³-hybridized carbons (Fsp3) is 0.550. The molecule has 1 aliphatic rings. The van der Waals surface area contributed by atoms with Crippen LogP contribution in [0.2, 0.25) is 0 Å². The van der Waals surface area contributed by atoms with Crippen molar-refractivity contribution in [3.63, 3.8) is 0 Å². The van der Waals surface area contributed by atoms with Crippen LogP contribution in [0, 0.1) is 28.6 Å². The van der Waals surface area contributed by atoms with Crippen molar-refractivity contribution in [1.29, 1.82) is 10.5 Å². The highest BCUT2D eigenvalue weighted by atomic mass is 16.1. The van der Waals surface area contributed by atoms with Gasteiger partial charge in [0.2, 0.25) is 5.91 Å². The maximum atomic E-state index is 12.1. The molecule has 0 radical (unpaired) electrons. The van der Waals surface area contributed by atoms with E-state index in [4.69, 9.17) is 10.5 Å². The molecule has 1 N–H and O–H groups in total. The standard InChI is InChI=1S/C20H25N3O/c21-14-19(15-22)18-9-7-16(8-10-18)11-12-23-20(24)13-17-5-3-1-2-4-6-17/h7-10,17,19H,1-6,11-13H2,(H,23,24). The molecule has 0 aromatic heterocycles. The van der Waals surface area contributed by atoms with Gasteiger partial charge in [0.05, 0.1) is 12.1 Å². The Balaban J connectivity index is 1.72. The molecule has 4 heteroatoms. The number of nitriles is 2. The van der Waals surface area contributed by atoms with Gasteiger partial charge in [-0.05, 0) is 36.3 Å². The Bertz CT molecular complexity index is 587. The number of benzene rings is 1. The number of carbonyl (C=O) groups excluding carboxylic acids is 1. The quantitative estimate of drug-likeness (QED) is 0.808. The Morgan fingerprint density at radius 1 is 1.08 bits per heavy atom. The zero-order valence-electron chi connectivity index (χ0n) is 14.1.